The van der Waals surface area contributed by atoms with Crippen molar-refractivity contribution in [2.24, 2.45) is 0 Å². The van der Waals surface area contributed by atoms with E-state index in [2.05, 4.69) is 20.5 Å². The molecule has 1 saturated heterocycles. The summed E-state index contributed by atoms with van der Waals surface area (Å²) in [6.45, 7) is 4.23. The molecule has 0 saturated carbocycles. The van der Waals surface area contributed by atoms with Crippen LogP contribution in [0.1, 0.15) is 27.6 Å². The van der Waals surface area contributed by atoms with E-state index in [9.17, 15) is 14.4 Å². The zero-order chi connectivity index (χ0) is 24.9. The van der Waals surface area contributed by atoms with Gasteiger partial charge in [0, 0.05) is 45.0 Å². The maximum atomic E-state index is 12.8. The predicted octanol–water partition coefficient (Wildman–Crippen LogP) is 4.56. The molecule has 1 aliphatic heterocycles. The van der Waals surface area contributed by atoms with E-state index in [4.69, 9.17) is 23.2 Å². The second kappa shape index (κ2) is 10.8. The smallest absolute Gasteiger partial charge is 0.257 e. The van der Waals surface area contributed by atoms with Crippen molar-refractivity contribution in [2.75, 3.05) is 41.7 Å². The molecule has 3 amide bonds. The quantitative estimate of drug-likeness (QED) is 0.523. The number of piperazine rings is 1. The van der Waals surface area contributed by atoms with Crippen LogP contribution in [0.4, 0.5) is 17.2 Å². The maximum absolute atomic E-state index is 12.8. The highest BCUT2D eigenvalue weighted by atomic mass is 35.5. The van der Waals surface area contributed by atoms with Crippen molar-refractivity contribution in [3.8, 4) is 0 Å². The predicted molar refractivity (Wildman–Crippen MR) is 138 cm³/mol. The summed E-state index contributed by atoms with van der Waals surface area (Å²) in [7, 11) is 0. The molecule has 3 aromatic rings. The molecule has 0 bridgehead atoms. The van der Waals surface area contributed by atoms with E-state index in [0.29, 0.717) is 58.7 Å². The number of amides is 3. The standard InChI is InChI=1S/C25H23Cl2N5O3/c1-16(33)31-10-12-32(13-11-31)23-9-6-17(15-28-23)24(34)29-18-7-8-21(27)22(14-18)30-25(35)19-4-2-3-5-20(19)26/h2-9,14-15H,10-13H2,1H3,(H,29,34)(H,30,35). The van der Waals surface area contributed by atoms with Gasteiger partial charge in [-0.05, 0) is 42.5 Å². The van der Waals surface area contributed by atoms with E-state index in [1.165, 1.54) is 6.20 Å². The molecule has 180 valence electrons. The van der Waals surface area contributed by atoms with Crippen LogP contribution in [0.2, 0.25) is 10.0 Å². The van der Waals surface area contributed by atoms with E-state index in [0.717, 1.165) is 5.82 Å². The number of nitrogens with zero attached hydrogens (tertiary/aromatic N) is 3. The molecule has 1 aliphatic rings. The third-order valence-corrected chi connectivity index (χ3v) is 6.31. The number of halogens is 2. The molecule has 10 heteroatoms. The number of hydrogen-bond donors (Lipinski definition) is 2. The molecule has 0 spiro atoms. The van der Waals surface area contributed by atoms with E-state index < -0.39 is 5.91 Å². The number of rotatable bonds is 5. The number of hydrogen-bond acceptors (Lipinski definition) is 5. The Bertz CT molecular complexity index is 1260. The first-order chi connectivity index (χ1) is 16.8. The SMILES string of the molecule is CC(=O)N1CCN(c2ccc(C(=O)Nc3ccc(Cl)c(NC(=O)c4ccccc4Cl)c3)cn2)CC1. The van der Waals surface area contributed by atoms with Crippen LogP contribution < -0.4 is 15.5 Å². The van der Waals surface area contributed by atoms with Crippen LogP contribution in [-0.2, 0) is 4.79 Å². The van der Waals surface area contributed by atoms with Crippen LogP contribution in [0.5, 0.6) is 0 Å². The normalized spacial score (nSPS) is 13.3. The van der Waals surface area contributed by atoms with Gasteiger partial charge < -0.3 is 20.4 Å². The maximum Gasteiger partial charge on any atom is 0.257 e. The van der Waals surface area contributed by atoms with Gasteiger partial charge in [0.05, 0.1) is 26.9 Å². The van der Waals surface area contributed by atoms with E-state index >= 15 is 0 Å². The molecule has 0 atom stereocenters. The summed E-state index contributed by atoms with van der Waals surface area (Å²) in [4.78, 5) is 45.1. The van der Waals surface area contributed by atoms with Gasteiger partial charge >= 0.3 is 0 Å². The molecule has 0 unspecified atom stereocenters. The van der Waals surface area contributed by atoms with Gasteiger partial charge in [0.25, 0.3) is 11.8 Å². The highest BCUT2D eigenvalue weighted by Crippen LogP contribution is 2.27. The third-order valence-electron chi connectivity index (χ3n) is 5.65. The van der Waals surface area contributed by atoms with Crippen LogP contribution in [-0.4, -0.2) is 53.8 Å². The molecule has 2 heterocycles. The third kappa shape index (κ3) is 5.90. The fraction of sp³-hybridized carbons (Fsp3) is 0.200. The lowest BCUT2D eigenvalue weighted by molar-refractivity contribution is -0.129. The Morgan fingerprint density at radius 1 is 0.857 bits per heavy atom. The molecule has 4 rings (SSSR count). The highest BCUT2D eigenvalue weighted by Gasteiger charge is 2.20. The Morgan fingerprint density at radius 2 is 1.60 bits per heavy atom. The van der Waals surface area contributed by atoms with Crippen molar-refractivity contribution in [1.29, 1.82) is 0 Å². The van der Waals surface area contributed by atoms with Crippen LogP contribution in [0.15, 0.2) is 60.8 Å². The minimum Gasteiger partial charge on any atom is -0.353 e. The van der Waals surface area contributed by atoms with Gasteiger partial charge in [-0.2, -0.15) is 0 Å². The Balaban J connectivity index is 1.40. The minimum atomic E-state index is -0.412. The lowest BCUT2D eigenvalue weighted by Gasteiger charge is -2.34. The number of carbonyl (C=O) groups excluding carboxylic acids is 3. The highest BCUT2D eigenvalue weighted by molar-refractivity contribution is 6.36. The zero-order valence-electron chi connectivity index (χ0n) is 18.9. The van der Waals surface area contributed by atoms with Crippen LogP contribution in [0, 0.1) is 0 Å². The van der Waals surface area contributed by atoms with E-state index in [-0.39, 0.29) is 11.8 Å². The lowest BCUT2D eigenvalue weighted by atomic mass is 10.2. The van der Waals surface area contributed by atoms with Gasteiger partial charge in [-0.3, -0.25) is 14.4 Å². The van der Waals surface area contributed by atoms with Crippen LogP contribution in [0.25, 0.3) is 0 Å². The van der Waals surface area contributed by atoms with Crippen LogP contribution >= 0.6 is 23.2 Å². The monoisotopic (exact) mass is 511 g/mol. The fourth-order valence-electron chi connectivity index (χ4n) is 3.69. The molecular formula is C25H23Cl2N5O3. The molecule has 8 nitrogen and oxygen atoms in total. The summed E-state index contributed by atoms with van der Waals surface area (Å²) >= 11 is 12.3. The van der Waals surface area contributed by atoms with Crippen molar-refractivity contribution in [3.05, 3.63) is 82.0 Å². The Labute approximate surface area is 212 Å². The molecule has 2 N–H and O–H groups in total. The molecule has 2 aromatic carbocycles. The van der Waals surface area contributed by atoms with Gasteiger partial charge in [0.15, 0.2) is 0 Å². The molecule has 1 aromatic heterocycles. The second-order valence-electron chi connectivity index (χ2n) is 7.98. The average molecular weight is 512 g/mol. The minimum absolute atomic E-state index is 0.0680. The molecule has 0 radical (unpaired) electrons. The summed E-state index contributed by atoms with van der Waals surface area (Å²) in [5.74, 6) is 0.0558. The van der Waals surface area contributed by atoms with Gasteiger partial charge in [-0.1, -0.05) is 35.3 Å². The number of benzene rings is 2. The average Bonchev–Trinajstić information content (AvgIpc) is 2.86. The molecular weight excluding hydrogens is 489 g/mol. The van der Waals surface area contributed by atoms with Gasteiger partial charge in [0.1, 0.15) is 5.82 Å². The van der Waals surface area contributed by atoms with Crippen molar-refractivity contribution >= 4 is 58.1 Å². The summed E-state index contributed by atoms with van der Waals surface area (Å²) in [6.07, 6.45) is 1.51. The van der Waals surface area contributed by atoms with E-state index in [1.807, 2.05) is 0 Å². The van der Waals surface area contributed by atoms with Gasteiger partial charge in [0.2, 0.25) is 5.91 Å². The van der Waals surface area contributed by atoms with E-state index in [1.54, 1.807) is 66.4 Å². The molecule has 35 heavy (non-hydrogen) atoms. The van der Waals surface area contributed by atoms with Crippen molar-refractivity contribution in [3.63, 3.8) is 0 Å². The Kier molecular flexibility index (Phi) is 7.53. The summed E-state index contributed by atoms with van der Waals surface area (Å²) in [5, 5.41) is 6.16. The summed E-state index contributed by atoms with van der Waals surface area (Å²) in [6, 6.07) is 15.0. The van der Waals surface area contributed by atoms with Crippen molar-refractivity contribution in [1.82, 2.24) is 9.88 Å². The number of aromatic nitrogens is 1. The van der Waals surface area contributed by atoms with Gasteiger partial charge in [-0.25, -0.2) is 4.98 Å². The second-order valence-corrected chi connectivity index (χ2v) is 8.80. The number of carbonyl (C=O) groups is 3. The topological polar surface area (TPSA) is 94.6 Å². The first-order valence-electron chi connectivity index (χ1n) is 10.9. The van der Waals surface area contributed by atoms with Crippen LogP contribution in [0.3, 0.4) is 0 Å². The molecule has 0 aliphatic carbocycles. The fourth-order valence-corrected chi connectivity index (χ4v) is 4.08. The Hall–Kier alpha value is -3.62. The first-order valence-corrected chi connectivity index (χ1v) is 11.7. The Morgan fingerprint density at radius 3 is 2.26 bits per heavy atom. The first kappa shape index (κ1) is 24.5. The number of pyridine rings is 1. The van der Waals surface area contributed by atoms with Crippen molar-refractivity contribution in [2.45, 2.75) is 6.92 Å². The largest absolute Gasteiger partial charge is 0.353 e. The molecule has 1 fully saturated rings. The number of nitrogens with one attached hydrogen (secondary N) is 2. The lowest BCUT2D eigenvalue weighted by Crippen LogP contribution is -2.48. The van der Waals surface area contributed by atoms with Crippen molar-refractivity contribution < 1.29 is 14.4 Å². The number of anilines is 3. The summed E-state index contributed by atoms with van der Waals surface area (Å²) in [5.41, 5.74) is 1.49. The van der Waals surface area contributed by atoms with Gasteiger partial charge in [-0.15, -0.1) is 0 Å². The summed E-state index contributed by atoms with van der Waals surface area (Å²) < 4.78 is 0. The zero-order valence-corrected chi connectivity index (χ0v) is 20.4.